The van der Waals surface area contributed by atoms with Crippen LogP contribution in [0.4, 0.5) is 0 Å². The van der Waals surface area contributed by atoms with Gasteiger partial charge in [-0.05, 0) is 18.2 Å². The van der Waals surface area contributed by atoms with Crippen molar-refractivity contribution in [2.75, 3.05) is 5.75 Å². The predicted octanol–water partition coefficient (Wildman–Crippen LogP) is 5.18. The van der Waals surface area contributed by atoms with E-state index in [-0.39, 0.29) is 0 Å². The minimum absolute atomic E-state index is 1.26. The third-order valence-electron chi connectivity index (χ3n) is 2.45. The van der Waals surface area contributed by atoms with Crippen molar-refractivity contribution in [1.82, 2.24) is 0 Å². The molecule has 15 heavy (non-hydrogen) atoms. The van der Waals surface area contributed by atoms with Gasteiger partial charge in [0, 0.05) is 20.4 Å². The maximum absolute atomic E-state index is 2.29. The largest absolute Gasteiger partial charge is 0.143 e. The van der Waals surface area contributed by atoms with E-state index in [1.165, 1.54) is 40.0 Å². The number of hydrogen-bond donors (Lipinski definition) is 0. The van der Waals surface area contributed by atoms with Crippen molar-refractivity contribution in [3.8, 4) is 0 Å². The quantitative estimate of drug-likeness (QED) is 0.509. The Morgan fingerprint density at radius 3 is 2.93 bits per heavy atom. The summed E-state index contributed by atoms with van der Waals surface area (Å²) >= 11 is 3.86. The van der Waals surface area contributed by atoms with Crippen LogP contribution >= 0.6 is 23.1 Å². The summed E-state index contributed by atoms with van der Waals surface area (Å²) in [5.41, 5.74) is 0. The van der Waals surface area contributed by atoms with Crippen LogP contribution in [0.25, 0.3) is 10.1 Å². The molecule has 0 aliphatic heterocycles. The van der Waals surface area contributed by atoms with Crippen LogP contribution in [-0.2, 0) is 0 Å². The first-order chi connectivity index (χ1) is 7.42. The zero-order valence-electron chi connectivity index (χ0n) is 9.03. The Morgan fingerprint density at radius 2 is 2.07 bits per heavy atom. The Balaban J connectivity index is 2.02. The summed E-state index contributed by atoms with van der Waals surface area (Å²) < 4.78 is 1.41. The Kier molecular flexibility index (Phi) is 4.09. The molecule has 0 radical (unpaired) electrons. The molecule has 0 saturated carbocycles. The zero-order chi connectivity index (χ0) is 10.5. The van der Waals surface area contributed by atoms with Crippen LogP contribution in [0.5, 0.6) is 0 Å². The smallest absolute Gasteiger partial charge is 0.0354 e. The molecule has 0 atom stereocenters. The van der Waals surface area contributed by atoms with Crippen LogP contribution in [0.15, 0.2) is 34.5 Å². The molecule has 0 nitrogen and oxygen atoms in total. The summed E-state index contributed by atoms with van der Waals surface area (Å²) in [6.45, 7) is 2.25. The second-order valence-corrected chi connectivity index (χ2v) is 5.70. The van der Waals surface area contributed by atoms with Crippen LogP contribution < -0.4 is 0 Å². The number of rotatable bonds is 5. The minimum atomic E-state index is 1.26. The number of unbranched alkanes of at least 4 members (excludes halogenated alkanes) is 2. The van der Waals surface area contributed by atoms with E-state index in [0.717, 1.165) is 0 Å². The lowest BCUT2D eigenvalue weighted by atomic mass is 10.3. The normalized spacial score (nSPS) is 11.0. The molecule has 1 aromatic carbocycles. The van der Waals surface area contributed by atoms with Crippen molar-refractivity contribution in [3.63, 3.8) is 0 Å². The molecule has 1 heterocycles. The van der Waals surface area contributed by atoms with E-state index in [9.17, 15) is 0 Å². The molecule has 0 fully saturated rings. The van der Waals surface area contributed by atoms with E-state index >= 15 is 0 Å². The number of thioether (sulfide) groups is 1. The van der Waals surface area contributed by atoms with E-state index in [4.69, 9.17) is 0 Å². The molecule has 2 rings (SSSR count). The van der Waals surface area contributed by atoms with Crippen LogP contribution in [-0.4, -0.2) is 5.75 Å². The number of hydrogen-bond acceptors (Lipinski definition) is 2. The van der Waals surface area contributed by atoms with Crippen LogP contribution in [0.1, 0.15) is 26.2 Å². The lowest BCUT2D eigenvalue weighted by Gasteiger charge is -1.99. The summed E-state index contributed by atoms with van der Waals surface area (Å²) in [6, 6.07) is 8.68. The number of thiophene rings is 1. The highest BCUT2D eigenvalue weighted by molar-refractivity contribution is 7.99. The molecule has 0 bridgehead atoms. The Morgan fingerprint density at radius 1 is 1.20 bits per heavy atom. The van der Waals surface area contributed by atoms with Gasteiger partial charge in [-0.15, -0.1) is 23.1 Å². The molecule has 1 aromatic heterocycles. The van der Waals surface area contributed by atoms with Gasteiger partial charge in [-0.25, -0.2) is 0 Å². The van der Waals surface area contributed by atoms with Crippen molar-refractivity contribution >= 4 is 33.2 Å². The van der Waals surface area contributed by atoms with Crippen molar-refractivity contribution in [3.05, 3.63) is 29.6 Å². The lowest BCUT2D eigenvalue weighted by Crippen LogP contribution is -1.78. The van der Waals surface area contributed by atoms with Gasteiger partial charge in [-0.2, -0.15) is 0 Å². The predicted molar refractivity (Wildman–Crippen MR) is 72.1 cm³/mol. The average molecular weight is 236 g/mol. The highest BCUT2D eigenvalue weighted by atomic mass is 32.2. The molecule has 2 heteroatoms. The van der Waals surface area contributed by atoms with Crippen LogP contribution in [0.3, 0.4) is 0 Å². The maximum atomic E-state index is 2.29. The maximum Gasteiger partial charge on any atom is 0.0354 e. The molecule has 0 aliphatic carbocycles. The first-order valence-electron chi connectivity index (χ1n) is 5.51. The standard InChI is InChI=1S/C13H16S2/c1-2-3-6-9-14-13-10-15-12-8-5-4-7-11(12)13/h4-5,7-8,10H,2-3,6,9H2,1H3. The molecule has 2 aromatic rings. The van der Waals surface area contributed by atoms with Crippen molar-refractivity contribution < 1.29 is 0 Å². The van der Waals surface area contributed by atoms with E-state index in [2.05, 4.69) is 36.6 Å². The third kappa shape index (κ3) is 2.76. The third-order valence-corrected chi connectivity index (χ3v) is 4.71. The molecule has 0 aliphatic rings. The second kappa shape index (κ2) is 5.57. The van der Waals surface area contributed by atoms with E-state index in [0.29, 0.717) is 0 Å². The first kappa shape index (κ1) is 11.0. The van der Waals surface area contributed by atoms with Crippen LogP contribution in [0.2, 0.25) is 0 Å². The highest BCUT2D eigenvalue weighted by Crippen LogP contribution is 2.33. The molecular formula is C13H16S2. The molecule has 0 spiro atoms. The molecular weight excluding hydrogens is 220 g/mol. The van der Waals surface area contributed by atoms with Gasteiger partial charge >= 0.3 is 0 Å². The van der Waals surface area contributed by atoms with Gasteiger partial charge in [0.15, 0.2) is 0 Å². The topological polar surface area (TPSA) is 0 Å². The van der Waals surface area contributed by atoms with Crippen molar-refractivity contribution in [2.45, 2.75) is 31.1 Å². The van der Waals surface area contributed by atoms with Crippen molar-refractivity contribution in [1.29, 1.82) is 0 Å². The molecule has 0 unspecified atom stereocenters. The lowest BCUT2D eigenvalue weighted by molar-refractivity contribution is 0.779. The number of fused-ring (bicyclic) bond motifs is 1. The average Bonchev–Trinajstić information content (AvgIpc) is 2.68. The Bertz CT molecular complexity index is 417. The zero-order valence-corrected chi connectivity index (χ0v) is 10.7. The van der Waals surface area contributed by atoms with E-state index < -0.39 is 0 Å². The summed E-state index contributed by atoms with van der Waals surface area (Å²) in [5.74, 6) is 1.26. The number of benzene rings is 1. The van der Waals surface area contributed by atoms with E-state index in [1.54, 1.807) is 0 Å². The van der Waals surface area contributed by atoms with Gasteiger partial charge in [0.1, 0.15) is 0 Å². The second-order valence-electron chi connectivity index (χ2n) is 3.65. The Labute approximate surface area is 99.7 Å². The summed E-state index contributed by atoms with van der Waals surface area (Å²) in [5, 5.41) is 3.73. The fourth-order valence-electron chi connectivity index (χ4n) is 1.60. The van der Waals surface area contributed by atoms with Gasteiger partial charge in [0.25, 0.3) is 0 Å². The highest BCUT2D eigenvalue weighted by Gasteiger charge is 2.02. The fraction of sp³-hybridized carbons (Fsp3) is 0.385. The van der Waals surface area contributed by atoms with Gasteiger partial charge in [-0.1, -0.05) is 38.0 Å². The van der Waals surface area contributed by atoms with Gasteiger partial charge < -0.3 is 0 Å². The van der Waals surface area contributed by atoms with Gasteiger partial charge in [-0.3, -0.25) is 0 Å². The van der Waals surface area contributed by atoms with E-state index in [1.807, 2.05) is 23.1 Å². The minimum Gasteiger partial charge on any atom is -0.143 e. The summed E-state index contributed by atoms with van der Waals surface area (Å²) in [4.78, 5) is 1.46. The van der Waals surface area contributed by atoms with Crippen LogP contribution in [0, 0.1) is 0 Å². The first-order valence-corrected chi connectivity index (χ1v) is 7.37. The fourth-order valence-corrected chi connectivity index (χ4v) is 3.81. The SMILES string of the molecule is CCCCCSc1csc2ccccc12. The van der Waals surface area contributed by atoms with Crippen molar-refractivity contribution in [2.24, 2.45) is 0 Å². The molecule has 80 valence electrons. The van der Waals surface area contributed by atoms with Gasteiger partial charge in [0.05, 0.1) is 0 Å². The molecule has 0 saturated heterocycles. The molecule has 0 amide bonds. The summed E-state index contributed by atoms with van der Waals surface area (Å²) in [7, 11) is 0. The van der Waals surface area contributed by atoms with Gasteiger partial charge in [0.2, 0.25) is 0 Å². The monoisotopic (exact) mass is 236 g/mol. The Hall–Kier alpha value is -0.470. The summed E-state index contributed by atoms with van der Waals surface area (Å²) in [6.07, 6.45) is 4.01. The molecule has 0 N–H and O–H groups in total.